The number of hydrogen-bond donors (Lipinski definition) is 2. The first-order valence-electron chi connectivity index (χ1n) is 7.60. The topological polar surface area (TPSA) is 41.1 Å². The third-order valence-corrected chi connectivity index (χ3v) is 4.08. The van der Waals surface area contributed by atoms with Crippen LogP contribution in [-0.2, 0) is 0 Å². The molecule has 1 fully saturated rings. The fourth-order valence-electron chi connectivity index (χ4n) is 2.78. The summed E-state index contributed by atoms with van der Waals surface area (Å²) in [4.78, 5) is 11.9. The second-order valence-corrected chi connectivity index (χ2v) is 6.65. The van der Waals surface area contributed by atoms with E-state index in [4.69, 9.17) is 0 Å². The Labute approximate surface area is 118 Å². The molecule has 1 rings (SSSR count). The van der Waals surface area contributed by atoms with Gasteiger partial charge >= 0.3 is 6.03 Å². The van der Waals surface area contributed by atoms with Crippen LogP contribution in [0, 0.1) is 11.3 Å². The van der Waals surface area contributed by atoms with Gasteiger partial charge in [-0.25, -0.2) is 4.79 Å². The highest BCUT2D eigenvalue weighted by molar-refractivity contribution is 5.74. The van der Waals surface area contributed by atoms with Gasteiger partial charge in [0.15, 0.2) is 0 Å². The predicted molar refractivity (Wildman–Crippen MR) is 81.2 cm³/mol. The largest absolute Gasteiger partial charge is 0.338 e. The molecule has 1 atom stereocenters. The molecule has 2 amide bonds. The van der Waals surface area contributed by atoms with Gasteiger partial charge in [0.25, 0.3) is 0 Å². The van der Waals surface area contributed by atoms with Crippen molar-refractivity contribution in [3.05, 3.63) is 12.2 Å². The molecule has 0 heterocycles. The van der Waals surface area contributed by atoms with Crippen molar-refractivity contribution in [3.63, 3.8) is 0 Å². The molecule has 1 aliphatic rings. The fourth-order valence-corrected chi connectivity index (χ4v) is 2.78. The summed E-state index contributed by atoms with van der Waals surface area (Å²) in [5, 5.41) is 5.97. The molecule has 0 spiro atoms. The standard InChI is InChI=1S/C16H30N2O/c1-6-17-15(19)18-14(12(2)16(3,4)5)13-10-8-7-9-11-13/h13-14H,2,6-11H2,1,3-5H3,(H2,17,18,19)/t14-/m1/s1. The molecule has 19 heavy (non-hydrogen) atoms. The minimum Gasteiger partial charge on any atom is -0.338 e. The average Bonchev–Trinajstić information content (AvgIpc) is 2.35. The van der Waals surface area contributed by atoms with Gasteiger partial charge < -0.3 is 10.6 Å². The number of hydrogen-bond acceptors (Lipinski definition) is 1. The first-order valence-corrected chi connectivity index (χ1v) is 7.60. The molecule has 1 aliphatic carbocycles. The molecule has 0 radical (unpaired) electrons. The van der Waals surface area contributed by atoms with Crippen molar-refractivity contribution in [2.45, 2.75) is 65.8 Å². The molecule has 0 aliphatic heterocycles. The van der Waals surface area contributed by atoms with Crippen molar-refractivity contribution in [2.24, 2.45) is 11.3 Å². The Morgan fingerprint density at radius 1 is 1.26 bits per heavy atom. The smallest absolute Gasteiger partial charge is 0.315 e. The van der Waals surface area contributed by atoms with E-state index >= 15 is 0 Å². The Morgan fingerprint density at radius 3 is 2.32 bits per heavy atom. The summed E-state index contributed by atoms with van der Waals surface area (Å²) in [6.45, 7) is 13.4. The highest BCUT2D eigenvalue weighted by Crippen LogP contribution is 2.35. The molecular weight excluding hydrogens is 236 g/mol. The monoisotopic (exact) mass is 266 g/mol. The molecule has 0 saturated heterocycles. The first-order chi connectivity index (χ1) is 8.86. The van der Waals surface area contributed by atoms with Gasteiger partial charge in [0.05, 0.1) is 6.04 Å². The zero-order valence-corrected chi connectivity index (χ0v) is 13.0. The summed E-state index contributed by atoms with van der Waals surface area (Å²) in [6, 6.07) is 0.0373. The number of carbonyl (C=O) groups is 1. The van der Waals surface area contributed by atoms with E-state index in [1.165, 1.54) is 32.1 Å². The lowest BCUT2D eigenvalue weighted by molar-refractivity contribution is 0.223. The maximum absolute atomic E-state index is 11.9. The summed E-state index contributed by atoms with van der Waals surface area (Å²) >= 11 is 0. The molecule has 0 bridgehead atoms. The molecule has 3 heteroatoms. The van der Waals surface area contributed by atoms with Gasteiger partial charge in [0, 0.05) is 6.54 Å². The van der Waals surface area contributed by atoms with Gasteiger partial charge in [-0.2, -0.15) is 0 Å². The maximum atomic E-state index is 11.9. The second-order valence-electron chi connectivity index (χ2n) is 6.65. The minimum absolute atomic E-state index is 0.0294. The molecule has 0 aromatic heterocycles. The van der Waals surface area contributed by atoms with Crippen molar-refractivity contribution in [1.29, 1.82) is 0 Å². The first kappa shape index (κ1) is 16.1. The Morgan fingerprint density at radius 2 is 1.84 bits per heavy atom. The minimum atomic E-state index is -0.0662. The number of rotatable bonds is 4. The molecule has 1 saturated carbocycles. The molecule has 0 unspecified atom stereocenters. The van der Waals surface area contributed by atoms with Crippen LogP contribution in [0.5, 0.6) is 0 Å². The second kappa shape index (κ2) is 6.97. The highest BCUT2D eigenvalue weighted by atomic mass is 16.2. The zero-order chi connectivity index (χ0) is 14.5. The number of amides is 2. The fraction of sp³-hybridized carbons (Fsp3) is 0.812. The van der Waals surface area contributed by atoms with E-state index in [1.54, 1.807) is 0 Å². The number of carbonyl (C=O) groups excluding carboxylic acids is 1. The van der Waals surface area contributed by atoms with Crippen LogP contribution in [0.4, 0.5) is 4.79 Å². The van der Waals surface area contributed by atoms with Crippen LogP contribution in [0.15, 0.2) is 12.2 Å². The quantitative estimate of drug-likeness (QED) is 0.745. The van der Waals surface area contributed by atoms with Crippen molar-refractivity contribution < 1.29 is 4.79 Å². The summed E-state index contributed by atoms with van der Waals surface area (Å²) < 4.78 is 0. The van der Waals surface area contributed by atoms with Crippen molar-refractivity contribution >= 4 is 6.03 Å². The van der Waals surface area contributed by atoms with Crippen molar-refractivity contribution in [2.75, 3.05) is 6.54 Å². The molecule has 3 nitrogen and oxygen atoms in total. The Hall–Kier alpha value is -0.990. The summed E-state index contributed by atoms with van der Waals surface area (Å²) in [5.41, 5.74) is 1.17. The van der Waals surface area contributed by atoms with Crippen molar-refractivity contribution in [3.8, 4) is 0 Å². The van der Waals surface area contributed by atoms with Gasteiger partial charge in [-0.3, -0.25) is 0 Å². The van der Waals surface area contributed by atoms with Crippen molar-refractivity contribution in [1.82, 2.24) is 10.6 Å². The van der Waals surface area contributed by atoms with Crippen LogP contribution >= 0.6 is 0 Å². The lowest BCUT2D eigenvalue weighted by atomic mass is 9.74. The average molecular weight is 266 g/mol. The summed E-state index contributed by atoms with van der Waals surface area (Å²) in [7, 11) is 0. The Balaban J connectivity index is 2.77. The number of urea groups is 1. The third kappa shape index (κ3) is 4.88. The van der Waals surface area contributed by atoms with Crippen LogP contribution in [0.3, 0.4) is 0 Å². The van der Waals surface area contributed by atoms with Crippen LogP contribution in [0.2, 0.25) is 0 Å². The van der Waals surface area contributed by atoms with E-state index in [1.807, 2.05) is 6.92 Å². The predicted octanol–water partition coefficient (Wildman–Crippen LogP) is 3.86. The SMILES string of the molecule is C=C([C@@H](NC(=O)NCC)C1CCCCC1)C(C)(C)C. The van der Waals surface area contributed by atoms with E-state index in [-0.39, 0.29) is 17.5 Å². The van der Waals surface area contributed by atoms with Crippen LogP contribution < -0.4 is 10.6 Å². The van der Waals surface area contributed by atoms with Gasteiger partial charge in [-0.1, -0.05) is 46.6 Å². The van der Waals surface area contributed by atoms with Gasteiger partial charge in [0.1, 0.15) is 0 Å². The van der Waals surface area contributed by atoms with Gasteiger partial charge in [-0.15, -0.1) is 0 Å². The van der Waals surface area contributed by atoms with Crippen LogP contribution in [0.25, 0.3) is 0 Å². The zero-order valence-electron chi connectivity index (χ0n) is 13.0. The molecule has 110 valence electrons. The Kier molecular flexibility index (Phi) is 5.89. The summed E-state index contributed by atoms with van der Waals surface area (Å²) in [5.74, 6) is 0.545. The Bertz CT molecular complexity index is 311. The molecular formula is C16H30N2O. The maximum Gasteiger partial charge on any atom is 0.315 e. The highest BCUT2D eigenvalue weighted by Gasteiger charge is 2.31. The third-order valence-electron chi connectivity index (χ3n) is 4.08. The van der Waals surface area contributed by atoms with E-state index in [2.05, 4.69) is 38.0 Å². The van der Waals surface area contributed by atoms with Gasteiger partial charge in [-0.05, 0) is 36.7 Å². The normalized spacial score (nSPS) is 18.7. The lowest BCUT2D eigenvalue weighted by Crippen LogP contribution is -2.48. The van der Waals surface area contributed by atoms with E-state index < -0.39 is 0 Å². The van der Waals surface area contributed by atoms with E-state index in [9.17, 15) is 4.79 Å². The molecule has 0 aromatic rings. The van der Waals surface area contributed by atoms with Crippen LogP contribution in [-0.4, -0.2) is 18.6 Å². The molecule has 0 aromatic carbocycles. The van der Waals surface area contributed by atoms with E-state index in [0.717, 1.165) is 5.57 Å². The summed E-state index contributed by atoms with van der Waals surface area (Å²) in [6.07, 6.45) is 6.27. The lowest BCUT2D eigenvalue weighted by Gasteiger charge is -2.37. The van der Waals surface area contributed by atoms with Crippen LogP contribution in [0.1, 0.15) is 59.8 Å². The molecule has 2 N–H and O–H groups in total. The van der Waals surface area contributed by atoms with Gasteiger partial charge in [0.2, 0.25) is 0 Å². The number of nitrogens with one attached hydrogen (secondary N) is 2. The van der Waals surface area contributed by atoms with E-state index in [0.29, 0.717) is 12.5 Å².